The van der Waals surface area contributed by atoms with Crippen molar-refractivity contribution in [2.75, 3.05) is 39.0 Å². The zero-order chi connectivity index (χ0) is 17.4. The molecule has 1 heterocycles. The van der Waals surface area contributed by atoms with E-state index >= 15 is 0 Å². The summed E-state index contributed by atoms with van der Waals surface area (Å²) >= 11 is 5.95. The van der Waals surface area contributed by atoms with Crippen LogP contribution in [0.25, 0.3) is 0 Å². The molecule has 128 valence electrons. The Hall–Kier alpha value is -2.18. The van der Waals surface area contributed by atoms with Crippen LogP contribution >= 0.6 is 11.6 Å². The van der Waals surface area contributed by atoms with Crippen LogP contribution in [0.1, 0.15) is 16.1 Å². The smallest absolute Gasteiger partial charge is 0.270 e. The Kier molecular flexibility index (Phi) is 6.96. The largest absolute Gasteiger partial charge is 0.369 e. The molecule has 0 spiro atoms. The Morgan fingerprint density at radius 3 is 2.79 bits per heavy atom. The lowest BCUT2D eigenvalue weighted by Gasteiger charge is -2.11. The van der Waals surface area contributed by atoms with Gasteiger partial charge in [0.2, 0.25) is 0 Å². The first-order valence-corrected chi connectivity index (χ1v) is 8.15. The highest BCUT2D eigenvalue weighted by Gasteiger charge is 2.08. The molecule has 0 aliphatic rings. The Balaban J connectivity index is 1.83. The summed E-state index contributed by atoms with van der Waals surface area (Å²) in [4.78, 5) is 22.4. The van der Waals surface area contributed by atoms with Gasteiger partial charge in [-0.15, -0.1) is 0 Å². The quantitative estimate of drug-likeness (QED) is 0.765. The fraction of sp³-hybridized carbons (Fsp3) is 0.353. The molecule has 6 nitrogen and oxygen atoms in total. The molecule has 7 heteroatoms. The maximum Gasteiger partial charge on any atom is 0.270 e. The van der Waals surface area contributed by atoms with Crippen LogP contribution in [0.2, 0.25) is 5.02 Å². The molecule has 24 heavy (non-hydrogen) atoms. The van der Waals surface area contributed by atoms with Crippen LogP contribution in [0.4, 0.5) is 5.82 Å². The van der Waals surface area contributed by atoms with Gasteiger partial charge in [0, 0.05) is 30.7 Å². The van der Waals surface area contributed by atoms with Gasteiger partial charge in [0.15, 0.2) is 0 Å². The third-order valence-electron chi connectivity index (χ3n) is 3.35. The van der Waals surface area contributed by atoms with Gasteiger partial charge in [-0.05, 0) is 38.2 Å². The molecule has 0 saturated carbocycles. The number of carbonyl (C=O) groups is 1. The maximum absolute atomic E-state index is 12.2. The van der Waals surface area contributed by atoms with E-state index in [1.807, 2.05) is 38.4 Å². The first-order valence-electron chi connectivity index (χ1n) is 7.78. The minimum atomic E-state index is -0.213. The number of hydrogen-bond donors (Lipinski definition) is 2. The van der Waals surface area contributed by atoms with Gasteiger partial charge in [0.05, 0.1) is 0 Å². The van der Waals surface area contributed by atoms with Gasteiger partial charge >= 0.3 is 0 Å². The molecule has 1 aromatic carbocycles. The number of hydrogen-bond acceptors (Lipinski definition) is 5. The molecule has 2 N–H and O–H groups in total. The fourth-order valence-electron chi connectivity index (χ4n) is 2.09. The van der Waals surface area contributed by atoms with Crippen molar-refractivity contribution in [3.8, 4) is 0 Å². The summed E-state index contributed by atoms with van der Waals surface area (Å²) in [7, 11) is 4.00. The van der Waals surface area contributed by atoms with E-state index in [0.29, 0.717) is 29.5 Å². The Labute approximate surface area is 147 Å². The van der Waals surface area contributed by atoms with E-state index in [1.54, 1.807) is 6.07 Å². The highest BCUT2D eigenvalue weighted by Crippen LogP contribution is 2.10. The van der Waals surface area contributed by atoms with E-state index in [1.165, 1.54) is 6.33 Å². The third-order valence-corrected chi connectivity index (χ3v) is 3.59. The summed E-state index contributed by atoms with van der Waals surface area (Å²) in [5.74, 6) is 0.432. The molecule has 2 aromatic rings. The average molecular weight is 348 g/mol. The molecule has 1 aromatic heterocycles. The van der Waals surface area contributed by atoms with Crippen molar-refractivity contribution in [1.82, 2.24) is 20.2 Å². The van der Waals surface area contributed by atoms with Crippen LogP contribution in [-0.4, -0.2) is 54.5 Å². The number of rotatable bonds is 8. The fourth-order valence-corrected chi connectivity index (χ4v) is 2.30. The number of anilines is 1. The maximum atomic E-state index is 12.2. The second-order valence-corrected chi connectivity index (χ2v) is 6.09. The normalized spacial score (nSPS) is 10.7. The predicted molar refractivity (Wildman–Crippen MR) is 96.6 cm³/mol. The lowest BCUT2D eigenvalue weighted by atomic mass is 10.1. The van der Waals surface area contributed by atoms with Crippen molar-refractivity contribution in [2.24, 2.45) is 0 Å². The van der Waals surface area contributed by atoms with Crippen LogP contribution in [0.15, 0.2) is 36.7 Å². The molecule has 0 aliphatic heterocycles. The van der Waals surface area contributed by atoms with Gasteiger partial charge in [-0.1, -0.05) is 23.7 Å². The molecule has 0 radical (unpaired) electrons. The van der Waals surface area contributed by atoms with Gasteiger partial charge in [0.25, 0.3) is 5.91 Å². The van der Waals surface area contributed by atoms with E-state index in [9.17, 15) is 4.79 Å². The lowest BCUT2D eigenvalue weighted by Crippen LogP contribution is -2.27. The molecule has 1 amide bonds. The molecular weight excluding hydrogens is 326 g/mol. The van der Waals surface area contributed by atoms with E-state index in [4.69, 9.17) is 11.6 Å². The van der Waals surface area contributed by atoms with Crippen molar-refractivity contribution in [1.29, 1.82) is 0 Å². The molecular formula is C17H22ClN5O. The molecule has 0 atom stereocenters. The summed E-state index contributed by atoms with van der Waals surface area (Å²) < 4.78 is 0. The average Bonchev–Trinajstić information content (AvgIpc) is 2.55. The zero-order valence-electron chi connectivity index (χ0n) is 13.9. The predicted octanol–water partition coefficient (Wildman–Crippen LogP) is 2.08. The molecule has 0 aliphatic carbocycles. The second-order valence-electron chi connectivity index (χ2n) is 5.65. The number of amides is 1. The van der Waals surface area contributed by atoms with E-state index in [2.05, 4.69) is 25.5 Å². The molecule has 0 saturated heterocycles. The number of nitrogens with one attached hydrogen (secondary N) is 2. The van der Waals surface area contributed by atoms with Crippen molar-refractivity contribution in [2.45, 2.75) is 6.42 Å². The molecule has 0 unspecified atom stereocenters. The first kappa shape index (κ1) is 18.2. The highest BCUT2D eigenvalue weighted by molar-refractivity contribution is 6.30. The minimum absolute atomic E-state index is 0.213. The number of nitrogens with zero attached hydrogens (tertiary/aromatic N) is 3. The minimum Gasteiger partial charge on any atom is -0.369 e. The van der Waals surface area contributed by atoms with Crippen LogP contribution in [0.5, 0.6) is 0 Å². The van der Waals surface area contributed by atoms with Crippen LogP contribution in [0.3, 0.4) is 0 Å². The monoisotopic (exact) mass is 347 g/mol. The lowest BCUT2D eigenvalue weighted by molar-refractivity contribution is 0.0949. The summed E-state index contributed by atoms with van der Waals surface area (Å²) in [5.41, 5.74) is 1.43. The van der Waals surface area contributed by atoms with Crippen molar-refractivity contribution >= 4 is 23.3 Å². The van der Waals surface area contributed by atoms with Gasteiger partial charge in [-0.2, -0.15) is 0 Å². The number of likely N-dealkylation sites (N-methyl/N-ethyl adjacent to an activating group) is 1. The van der Waals surface area contributed by atoms with Crippen molar-refractivity contribution in [3.05, 3.63) is 52.9 Å². The van der Waals surface area contributed by atoms with E-state index < -0.39 is 0 Å². The topological polar surface area (TPSA) is 70.2 Å². The standard InChI is InChI=1S/C17H22ClN5O/c1-23(2)9-8-19-16-11-15(21-12-22-16)17(24)20-7-6-13-4-3-5-14(18)10-13/h3-5,10-12H,6-9H2,1-2H3,(H,20,24)(H,19,21,22). The van der Waals surface area contributed by atoms with Crippen LogP contribution in [-0.2, 0) is 6.42 Å². The van der Waals surface area contributed by atoms with Crippen LogP contribution in [0, 0.1) is 0 Å². The number of carbonyl (C=O) groups excluding carboxylic acids is 1. The summed E-state index contributed by atoms with van der Waals surface area (Å²) in [6.07, 6.45) is 2.11. The number of halogens is 1. The third kappa shape index (κ3) is 6.14. The highest BCUT2D eigenvalue weighted by atomic mass is 35.5. The molecule has 0 bridgehead atoms. The Morgan fingerprint density at radius 2 is 2.04 bits per heavy atom. The van der Waals surface area contributed by atoms with Gasteiger partial charge in [-0.3, -0.25) is 4.79 Å². The molecule has 0 fully saturated rings. The van der Waals surface area contributed by atoms with Crippen LogP contribution < -0.4 is 10.6 Å². The summed E-state index contributed by atoms with van der Waals surface area (Å²) in [6.45, 7) is 2.15. The molecule has 2 rings (SSSR count). The zero-order valence-corrected chi connectivity index (χ0v) is 14.7. The summed E-state index contributed by atoms with van der Waals surface area (Å²) in [5, 5.41) is 6.73. The van der Waals surface area contributed by atoms with Gasteiger partial charge in [0.1, 0.15) is 17.8 Å². The van der Waals surface area contributed by atoms with Gasteiger partial charge < -0.3 is 15.5 Å². The van der Waals surface area contributed by atoms with E-state index in [0.717, 1.165) is 18.7 Å². The van der Waals surface area contributed by atoms with E-state index in [-0.39, 0.29) is 5.91 Å². The van der Waals surface area contributed by atoms with Gasteiger partial charge in [-0.25, -0.2) is 9.97 Å². The Morgan fingerprint density at radius 1 is 1.21 bits per heavy atom. The number of aromatic nitrogens is 2. The summed E-state index contributed by atoms with van der Waals surface area (Å²) in [6, 6.07) is 9.26. The number of benzene rings is 1. The first-order chi connectivity index (χ1) is 11.5. The SMILES string of the molecule is CN(C)CCNc1cc(C(=O)NCCc2cccc(Cl)c2)ncn1. The second kappa shape index (κ2) is 9.20. The van der Waals surface area contributed by atoms with Crippen molar-refractivity contribution < 1.29 is 4.79 Å². The van der Waals surface area contributed by atoms with Crippen molar-refractivity contribution in [3.63, 3.8) is 0 Å². The Bertz CT molecular complexity index is 678.